The van der Waals surface area contributed by atoms with E-state index in [-0.39, 0.29) is 11.4 Å². The smallest absolute Gasteiger partial charge is 0.297 e. The minimum absolute atomic E-state index is 0.0575. The van der Waals surface area contributed by atoms with Crippen molar-refractivity contribution in [1.29, 1.82) is 0 Å². The topological polar surface area (TPSA) is 26.3 Å². The molecule has 0 N–H and O–H groups in total. The van der Waals surface area contributed by atoms with Gasteiger partial charge in [-0.1, -0.05) is 13.8 Å². The minimum Gasteiger partial charge on any atom is -0.528 e. The largest absolute Gasteiger partial charge is 0.528 e. The van der Waals surface area contributed by atoms with Crippen molar-refractivity contribution in [2.24, 2.45) is 11.3 Å². The Balaban J connectivity index is 4.09. The Morgan fingerprint density at radius 2 is 2.00 bits per heavy atom. The normalized spacial score (nSPS) is 12.1. The Labute approximate surface area is 71.9 Å². The SMILES string of the molecule is CC(C)CC(C)(C)C(=O)O[SiH3]. The first-order valence-corrected chi connectivity index (χ1v) is 4.80. The van der Waals surface area contributed by atoms with Crippen molar-refractivity contribution in [3.8, 4) is 0 Å². The summed E-state index contributed by atoms with van der Waals surface area (Å²) in [6.07, 6.45) is 0.897. The highest BCUT2D eigenvalue weighted by molar-refractivity contribution is 6.06. The summed E-state index contributed by atoms with van der Waals surface area (Å²) in [6, 6.07) is 0. The monoisotopic (exact) mass is 174 g/mol. The fraction of sp³-hybridized carbons (Fsp3) is 0.875. The zero-order chi connectivity index (χ0) is 9.07. The molecule has 0 aromatic carbocycles. The van der Waals surface area contributed by atoms with Crippen LogP contribution in [0, 0.1) is 11.3 Å². The number of carbonyl (C=O) groups is 1. The molecule has 0 bridgehead atoms. The lowest BCUT2D eigenvalue weighted by atomic mass is 9.84. The molecule has 0 fully saturated rings. The zero-order valence-corrected chi connectivity index (χ0v) is 10.1. The lowest BCUT2D eigenvalue weighted by Crippen LogP contribution is -2.27. The van der Waals surface area contributed by atoms with E-state index in [0.717, 1.165) is 6.42 Å². The summed E-state index contributed by atoms with van der Waals surface area (Å²) < 4.78 is 4.82. The molecule has 66 valence electrons. The molecule has 2 nitrogen and oxygen atoms in total. The van der Waals surface area contributed by atoms with Gasteiger partial charge in [0.25, 0.3) is 5.97 Å². The number of hydrogen-bond acceptors (Lipinski definition) is 2. The molecule has 0 aromatic heterocycles. The molecule has 3 heteroatoms. The highest BCUT2D eigenvalue weighted by atomic mass is 28.2. The van der Waals surface area contributed by atoms with E-state index < -0.39 is 0 Å². The van der Waals surface area contributed by atoms with Gasteiger partial charge < -0.3 is 4.43 Å². The molecule has 0 atom stereocenters. The van der Waals surface area contributed by atoms with Gasteiger partial charge >= 0.3 is 0 Å². The van der Waals surface area contributed by atoms with E-state index in [1.54, 1.807) is 0 Å². The third-order valence-electron chi connectivity index (χ3n) is 1.66. The lowest BCUT2D eigenvalue weighted by molar-refractivity contribution is -0.144. The quantitative estimate of drug-likeness (QED) is 0.594. The predicted octanol–water partition coefficient (Wildman–Crippen LogP) is 0.882. The van der Waals surface area contributed by atoms with Crippen LogP contribution in [0.2, 0.25) is 0 Å². The molecule has 0 aliphatic rings. The van der Waals surface area contributed by atoms with Crippen LogP contribution in [0.1, 0.15) is 34.1 Å². The van der Waals surface area contributed by atoms with Gasteiger partial charge in [-0.25, -0.2) is 0 Å². The van der Waals surface area contributed by atoms with Gasteiger partial charge in [-0.3, -0.25) is 4.79 Å². The van der Waals surface area contributed by atoms with Crippen molar-refractivity contribution in [3.05, 3.63) is 0 Å². The summed E-state index contributed by atoms with van der Waals surface area (Å²) in [5.74, 6) is 0.489. The Morgan fingerprint density at radius 3 is 2.27 bits per heavy atom. The second-order valence-electron chi connectivity index (χ2n) is 3.97. The second-order valence-corrected chi connectivity index (χ2v) is 4.38. The molecule has 11 heavy (non-hydrogen) atoms. The minimum atomic E-state index is -0.296. The standard InChI is InChI=1S/C8H18O2Si/c1-6(2)5-8(3,4)7(9)10-11/h6H,5H2,1-4,11H3. The summed E-state index contributed by atoms with van der Waals surface area (Å²) in [5.41, 5.74) is -0.296. The van der Waals surface area contributed by atoms with Crippen LogP contribution in [0.5, 0.6) is 0 Å². The van der Waals surface area contributed by atoms with Gasteiger partial charge in [-0.05, 0) is 26.2 Å². The Hall–Kier alpha value is -0.313. The van der Waals surface area contributed by atoms with Crippen molar-refractivity contribution in [2.45, 2.75) is 34.1 Å². The van der Waals surface area contributed by atoms with Crippen LogP contribution in [0.15, 0.2) is 0 Å². The average molecular weight is 174 g/mol. The molecule has 0 aliphatic carbocycles. The summed E-state index contributed by atoms with van der Waals surface area (Å²) >= 11 is 0. The van der Waals surface area contributed by atoms with Crippen LogP contribution in [0.3, 0.4) is 0 Å². The van der Waals surface area contributed by atoms with Crippen molar-refractivity contribution in [2.75, 3.05) is 0 Å². The summed E-state index contributed by atoms with van der Waals surface area (Å²) in [7, 11) is 0.505. The Morgan fingerprint density at radius 1 is 1.55 bits per heavy atom. The van der Waals surface area contributed by atoms with Crippen molar-refractivity contribution in [1.82, 2.24) is 0 Å². The molecule has 0 amide bonds. The second kappa shape index (κ2) is 3.90. The maximum absolute atomic E-state index is 11.2. The molecule has 0 spiro atoms. The van der Waals surface area contributed by atoms with Gasteiger partial charge in [0.1, 0.15) is 0 Å². The molecule has 0 rings (SSSR count). The summed E-state index contributed by atoms with van der Waals surface area (Å²) in [4.78, 5) is 11.2. The van der Waals surface area contributed by atoms with Gasteiger partial charge in [0.2, 0.25) is 10.5 Å². The Kier molecular flexibility index (Phi) is 3.79. The van der Waals surface area contributed by atoms with Crippen molar-refractivity contribution in [3.63, 3.8) is 0 Å². The van der Waals surface area contributed by atoms with Gasteiger partial charge in [-0.15, -0.1) is 0 Å². The van der Waals surface area contributed by atoms with Crippen LogP contribution in [0.25, 0.3) is 0 Å². The maximum Gasteiger partial charge on any atom is 0.297 e. The molecular formula is C8H18O2Si. The highest BCUT2D eigenvalue weighted by Gasteiger charge is 2.28. The first-order valence-electron chi connectivity index (χ1n) is 3.98. The molecule has 0 saturated carbocycles. The highest BCUT2D eigenvalue weighted by Crippen LogP contribution is 2.26. The van der Waals surface area contributed by atoms with Gasteiger partial charge in [0.05, 0.1) is 5.41 Å². The first kappa shape index (κ1) is 10.7. The Bertz CT molecular complexity index is 141. The summed E-state index contributed by atoms with van der Waals surface area (Å²) in [6.45, 7) is 8.10. The average Bonchev–Trinajstić information content (AvgIpc) is 1.83. The predicted molar refractivity (Wildman–Crippen MR) is 49.3 cm³/mol. The molecular weight excluding hydrogens is 156 g/mol. The molecule has 0 heterocycles. The molecule has 0 aromatic rings. The fourth-order valence-electron chi connectivity index (χ4n) is 1.38. The van der Waals surface area contributed by atoms with Crippen LogP contribution in [-0.2, 0) is 9.22 Å². The van der Waals surface area contributed by atoms with E-state index in [0.29, 0.717) is 16.4 Å². The van der Waals surface area contributed by atoms with Crippen molar-refractivity contribution < 1.29 is 9.22 Å². The molecule has 0 aliphatic heterocycles. The van der Waals surface area contributed by atoms with Crippen LogP contribution < -0.4 is 0 Å². The summed E-state index contributed by atoms with van der Waals surface area (Å²) in [5, 5.41) is 0. The fourth-order valence-corrected chi connectivity index (χ4v) is 1.93. The number of hydrogen-bond donors (Lipinski definition) is 0. The van der Waals surface area contributed by atoms with Crippen LogP contribution in [0.4, 0.5) is 0 Å². The van der Waals surface area contributed by atoms with Crippen molar-refractivity contribution >= 4 is 16.5 Å². The van der Waals surface area contributed by atoms with Gasteiger partial charge in [0.15, 0.2) is 0 Å². The van der Waals surface area contributed by atoms with Crippen LogP contribution in [-0.4, -0.2) is 16.5 Å². The number of rotatable bonds is 3. The third-order valence-corrected chi connectivity index (χ3v) is 2.03. The third kappa shape index (κ3) is 3.56. The van der Waals surface area contributed by atoms with E-state index in [4.69, 9.17) is 4.43 Å². The van der Waals surface area contributed by atoms with E-state index in [1.165, 1.54) is 0 Å². The first-order chi connectivity index (χ1) is 4.90. The van der Waals surface area contributed by atoms with Gasteiger partial charge in [0, 0.05) is 0 Å². The lowest BCUT2D eigenvalue weighted by Gasteiger charge is -2.23. The molecule has 0 unspecified atom stereocenters. The molecule has 0 radical (unpaired) electrons. The van der Waals surface area contributed by atoms with E-state index in [2.05, 4.69) is 13.8 Å². The van der Waals surface area contributed by atoms with Crippen LogP contribution >= 0.6 is 0 Å². The zero-order valence-electron chi connectivity index (χ0n) is 8.10. The van der Waals surface area contributed by atoms with E-state index in [9.17, 15) is 4.79 Å². The number of carbonyl (C=O) groups excluding carboxylic acids is 1. The molecule has 0 saturated heterocycles. The van der Waals surface area contributed by atoms with E-state index in [1.807, 2.05) is 13.8 Å². The maximum atomic E-state index is 11.2. The van der Waals surface area contributed by atoms with E-state index >= 15 is 0 Å². The van der Waals surface area contributed by atoms with Gasteiger partial charge in [-0.2, -0.15) is 0 Å².